The number of amides is 1. The Bertz CT molecular complexity index is 961. The van der Waals surface area contributed by atoms with E-state index in [4.69, 9.17) is 11.6 Å². The molecule has 0 bridgehead atoms. The van der Waals surface area contributed by atoms with Gasteiger partial charge in [-0.15, -0.1) is 0 Å². The summed E-state index contributed by atoms with van der Waals surface area (Å²) in [5.41, 5.74) is -2.27. The Kier molecular flexibility index (Phi) is 6.37. The van der Waals surface area contributed by atoms with Crippen LogP contribution in [0.25, 0.3) is 0 Å². The minimum absolute atomic E-state index is 0.0560. The van der Waals surface area contributed by atoms with Crippen LogP contribution in [0.5, 0.6) is 0 Å². The number of carbonyl (C=O) groups excluding carboxylic acids is 1. The lowest BCUT2D eigenvalue weighted by Crippen LogP contribution is -2.54. The number of benzene rings is 1. The summed E-state index contributed by atoms with van der Waals surface area (Å²) in [5, 5.41) is 9.00. The fourth-order valence-electron chi connectivity index (χ4n) is 3.99. The first kappa shape index (κ1) is 22.8. The highest BCUT2D eigenvalue weighted by atomic mass is 35.5. The van der Waals surface area contributed by atoms with Gasteiger partial charge in [0.2, 0.25) is 15.9 Å². The van der Waals surface area contributed by atoms with Crippen molar-refractivity contribution in [2.75, 3.05) is 26.2 Å². The van der Waals surface area contributed by atoms with Crippen LogP contribution >= 0.6 is 11.6 Å². The van der Waals surface area contributed by atoms with Gasteiger partial charge in [0.25, 0.3) is 0 Å². The van der Waals surface area contributed by atoms with Crippen LogP contribution in [-0.4, -0.2) is 49.7 Å². The van der Waals surface area contributed by atoms with E-state index in [2.05, 4.69) is 6.07 Å². The molecule has 0 atom stereocenters. The molecule has 2 aliphatic rings. The summed E-state index contributed by atoms with van der Waals surface area (Å²) in [4.78, 5) is 13.9. The summed E-state index contributed by atoms with van der Waals surface area (Å²) in [7, 11) is -4.18. The van der Waals surface area contributed by atoms with E-state index in [1.165, 1.54) is 4.90 Å². The second-order valence-corrected chi connectivity index (χ2v) is 9.94. The van der Waals surface area contributed by atoms with Crippen molar-refractivity contribution in [3.05, 3.63) is 28.8 Å². The van der Waals surface area contributed by atoms with Gasteiger partial charge in [-0.05, 0) is 31.0 Å². The largest absolute Gasteiger partial charge is 0.417 e. The lowest BCUT2D eigenvalue weighted by Gasteiger charge is -2.39. The van der Waals surface area contributed by atoms with E-state index in [-0.39, 0.29) is 32.1 Å². The van der Waals surface area contributed by atoms with Gasteiger partial charge < -0.3 is 4.90 Å². The summed E-state index contributed by atoms with van der Waals surface area (Å²) in [5.74, 6) is -0.285. The normalized spacial score (nSPS) is 20.6. The number of piperazine rings is 1. The third kappa shape index (κ3) is 4.29. The number of rotatable bonds is 3. The maximum Gasteiger partial charge on any atom is 0.417 e. The lowest BCUT2D eigenvalue weighted by molar-refractivity contribution is -0.142. The van der Waals surface area contributed by atoms with Crippen LogP contribution in [0.3, 0.4) is 0 Å². The molecule has 11 heteroatoms. The van der Waals surface area contributed by atoms with Crippen molar-refractivity contribution >= 4 is 27.5 Å². The SMILES string of the molecule is N#CC1(C(=O)N2CCN(S(=O)(=O)c3ccc(Cl)c(C(F)(F)F)c3)CC2)CCCCC1. The van der Waals surface area contributed by atoms with Gasteiger partial charge in [-0.2, -0.15) is 22.7 Å². The summed E-state index contributed by atoms with van der Waals surface area (Å²) >= 11 is 5.57. The van der Waals surface area contributed by atoms with Crippen molar-refractivity contribution in [3.63, 3.8) is 0 Å². The van der Waals surface area contributed by atoms with Gasteiger partial charge in [-0.3, -0.25) is 4.79 Å². The van der Waals surface area contributed by atoms with Crippen molar-refractivity contribution in [3.8, 4) is 6.07 Å². The van der Waals surface area contributed by atoms with E-state index >= 15 is 0 Å². The van der Waals surface area contributed by atoms with Crippen LogP contribution in [0.2, 0.25) is 5.02 Å². The van der Waals surface area contributed by atoms with Gasteiger partial charge >= 0.3 is 6.18 Å². The topological polar surface area (TPSA) is 81.5 Å². The summed E-state index contributed by atoms with van der Waals surface area (Å²) in [6.07, 6.45) is -1.22. The first-order chi connectivity index (χ1) is 14.0. The van der Waals surface area contributed by atoms with Gasteiger partial charge in [-0.25, -0.2) is 8.42 Å². The number of halogens is 4. The van der Waals surface area contributed by atoms with Crippen LogP contribution in [0.1, 0.15) is 37.7 Å². The molecule has 1 aliphatic heterocycles. The fourth-order valence-corrected chi connectivity index (χ4v) is 5.67. The fraction of sp³-hybridized carbons (Fsp3) is 0.579. The first-order valence-corrected chi connectivity index (χ1v) is 11.4. The van der Waals surface area contributed by atoms with Crippen molar-refractivity contribution in [1.82, 2.24) is 9.21 Å². The molecule has 2 fully saturated rings. The molecule has 1 aliphatic carbocycles. The number of carbonyl (C=O) groups is 1. The average Bonchev–Trinajstić information content (AvgIpc) is 2.73. The zero-order chi connectivity index (χ0) is 22.2. The highest BCUT2D eigenvalue weighted by Gasteiger charge is 2.44. The zero-order valence-electron chi connectivity index (χ0n) is 16.1. The molecule has 1 aromatic rings. The number of nitrogens with zero attached hydrogens (tertiary/aromatic N) is 3. The second-order valence-electron chi connectivity index (χ2n) is 7.59. The third-order valence-electron chi connectivity index (χ3n) is 5.74. The van der Waals surface area contributed by atoms with E-state index in [1.807, 2.05) is 0 Å². The minimum Gasteiger partial charge on any atom is -0.339 e. The molecule has 0 N–H and O–H groups in total. The Morgan fingerprint density at radius 3 is 2.23 bits per heavy atom. The molecular formula is C19H21ClF3N3O3S. The number of hydrogen-bond donors (Lipinski definition) is 0. The Morgan fingerprint density at radius 2 is 1.70 bits per heavy atom. The van der Waals surface area contributed by atoms with E-state index in [1.54, 1.807) is 0 Å². The van der Waals surface area contributed by atoms with Crippen LogP contribution in [-0.2, 0) is 21.0 Å². The van der Waals surface area contributed by atoms with Crippen LogP contribution in [0, 0.1) is 16.7 Å². The monoisotopic (exact) mass is 463 g/mol. The first-order valence-electron chi connectivity index (χ1n) is 9.59. The number of sulfonamides is 1. The van der Waals surface area contributed by atoms with Gasteiger partial charge in [0.1, 0.15) is 5.41 Å². The average molecular weight is 464 g/mol. The molecule has 0 spiro atoms. The Morgan fingerprint density at radius 1 is 1.10 bits per heavy atom. The van der Waals surface area contributed by atoms with E-state index in [9.17, 15) is 31.6 Å². The molecule has 1 heterocycles. The van der Waals surface area contributed by atoms with Crippen LogP contribution in [0.15, 0.2) is 23.1 Å². The third-order valence-corrected chi connectivity index (χ3v) is 7.96. The molecule has 164 valence electrons. The highest BCUT2D eigenvalue weighted by molar-refractivity contribution is 7.89. The van der Waals surface area contributed by atoms with Crippen LogP contribution in [0.4, 0.5) is 13.2 Å². The molecule has 0 unspecified atom stereocenters. The number of nitriles is 1. The summed E-state index contributed by atoms with van der Waals surface area (Å²) in [6, 6.07) is 4.65. The molecule has 1 amide bonds. The van der Waals surface area contributed by atoms with Crippen LogP contribution < -0.4 is 0 Å². The minimum atomic E-state index is -4.78. The second kappa shape index (κ2) is 8.36. The quantitative estimate of drug-likeness (QED) is 0.685. The molecule has 1 saturated carbocycles. The molecule has 6 nitrogen and oxygen atoms in total. The van der Waals surface area contributed by atoms with E-state index < -0.39 is 37.1 Å². The Balaban J connectivity index is 1.74. The maximum atomic E-state index is 13.1. The molecule has 3 rings (SSSR count). The lowest BCUT2D eigenvalue weighted by atomic mass is 9.74. The molecule has 1 saturated heterocycles. The van der Waals surface area contributed by atoms with Gasteiger partial charge in [0, 0.05) is 26.2 Å². The highest BCUT2D eigenvalue weighted by Crippen LogP contribution is 2.38. The predicted molar refractivity (Wildman–Crippen MR) is 103 cm³/mol. The van der Waals surface area contributed by atoms with E-state index in [0.29, 0.717) is 18.9 Å². The molecule has 30 heavy (non-hydrogen) atoms. The molecular weight excluding hydrogens is 443 g/mol. The Labute approximate surface area is 178 Å². The van der Waals surface area contributed by atoms with Crippen molar-refractivity contribution < 1.29 is 26.4 Å². The number of hydrogen-bond acceptors (Lipinski definition) is 4. The maximum absolute atomic E-state index is 13.1. The van der Waals surface area contributed by atoms with Crippen molar-refractivity contribution in [1.29, 1.82) is 5.26 Å². The van der Waals surface area contributed by atoms with E-state index in [0.717, 1.165) is 35.7 Å². The van der Waals surface area contributed by atoms with Crippen molar-refractivity contribution in [2.45, 2.75) is 43.2 Å². The number of alkyl halides is 3. The summed E-state index contributed by atoms with van der Waals surface area (Å²) < 4.78 is 66.0. The molecule has 0 aromatic heterocycles. The van der Waals surface area contributed by atoms with Gasteiger partial charge in [0.15, 0.2) is 0 Å². The molecule has 0 radical (unpaired) electrons. The standard InChI is InChI=1S/C19H21ClF3N3O3S/c20-16-5-4-14(12-15(16)19(21,22)23)30(28,29)26-10-8-25(9-11-26)17(27)18(13-24)6-2-1-3-7-18/h4-5,12H,1-3,6-11H2. The van der Waals surface area contributed by atoms with Gasteiger partial charge in [-0.1, -0.05) is 30.9 Å². The Hall–Kier alpha value is -1.83. The van der Waals surface area contributed by atoms with Crippen molar-refractivity contribution in [2.24, 2.45) is 5.41 Å². The smallest absolute Gasteiger partial charge is 0.339 e. The van der Waals surface area contributed by atoms with Gasteiger partial charge in [0.05, 0.1) is 21.6 Å². The zero-order valence-corrected chi connectivity index (χ0v) is 17.7. The molecule has 1 aromatic carbocycles. The predicted octanol–water partition coefficient (Wildman–Crippen LogP) is 3.67. The summed E-state index contributed by atoms with van der Waals surface area (Å²) in [6.45, 7) is 0.0571.